The summed E-state index contributed by atoms with van der Waals surface area (Å²) >= 11 is 3.37. The maximum Gasteiger partial charge on any atom is 0.243 e. The molecule has 3 rings (SSSR count). The van der Waals surface area contributed by atoms with Crippen LogP contribution in [0.25, 0.3) is 0 Å². The smallest absolute Gasteiger partial charge is 0.243 e. The minimum atomic E-state index is -0.128. The number of hydrogen-bond donors (Lipinski definition) is 2. The maximum absolute atomic E-state index is 12.1. The summed E-state index contributed by atoms with van der Waals surface area (Å²) in [5.74, 6) is 1.29. The molecule has 1 amide bonds. The van der Waals surface area contributed by atoms with Crippen molar-refractivity contribution in [3.8, 4) is 11.5 Å². The fourth-order valence-corrected chi connectivity index (χ4v) is 2.50. The van der Waals surface area contributed by atoms with Gasteiger partial charge in [-0.05, 0) is 48.5 Å². The number of amides is 1. The highest BCUT2D eigenvalue weighted by Gasteiger charge is 2.07. The van der Waals surface area contributed by atoms with Crippen molar-refractivity contribution in [1.82, 2.24) is 0 Å². The Kier molecular flexibility index (Phi) is 5.69. The van der Waals surface area contributed by atoms with E-state index in [9.17, 15) is 4.79 Å². The second kappa shape index (κ2) is 8.35. The van der Waals surface area contributed by atoms with E-state index in [0.29, 0.717) is 5.75 Å². The van der Waals surface area contributed by atoms with E-state index in [1.54, 1.807) is 0 Å². The number of benzene rings is 3. The van der Waals surface area contributed by atoms with Crippen LogP contribution in [0.1, 0.15) is 0 Å². The molecule has 0 spiro atoms. The van der Waals surface area contributed by atoms with Crippen LogP contribution in [-0.4, -0.2) is 12.5 Å². The Morgan fingerprint density at radius 3 is 2.32 bits per heavy atom. The molecule has 0 saturated carbocycles. The monoisotopic (exact) mass is 396 g/mol. The van der Waals surface area contributed by atoms with Gasteiger partial charge in [-0.2, -0.15) is 0 Å². The molecule has 5 heteroatoms. The lowest BCUT2D eigenvalue weighted by molar-refractivity contribution is -0.114. The molecule has 0 saturated heterocycles. The van der Waals surface area contributed by atoms with E-state index in [4.69, 9.17) is 4.74 Å². The van der Waals surface area contributed by atoms with Gasteiger partial charge in [0.25, 0.3) is 0 Å². The Morgan fingerprint density at radius 2 is 1.56 bits per heavy atom. The maximum atomic E-state index is 12.1. The van der Waals surface area contributed by atoms with Crippen molar-refractivity contribution < 1.29 is 9.53 Å². The minimum absolute atomic E-state index is 0.128. The summed E-state index contributed by atoms with van der Waals surface area (Å²) in [6.07, 6.45) is 0. The Bertz CT molecular complexity index is 836. The van der Waals surface area contributed by atoms with Gasteiger partial charge in [-0.15, -0.1) is 0 Å². The van der Waals surface area contributed by atoms with Crippen molar-refractivity contribution in [2.24, 2.45) is 0 Å². The van der Waals surface area contributed by atoms with Gasteiger partial charge in [0.15, 0.2) is 5.75 Å². The third-order valence-electron chi connectivity index (χ3n) is 3.43. The Morgan fingerprint density at radius 1 is 0.880 bits per heavy atom. The Labute approximate surface area is 155 Å². The molecule has 3 aromatic carbocycles. The molecular formula is C20H17BrN2O2. The second-order valence-corrected chi connectivity index (χ2v) is 6.24. The molecule has 0 aromatic heterocycles. The number of hydrogen-bond acceptors (Lipinski definition) is 3. The Hall–Kier alpha value is -2.79. The lowest BCUT2D eigenvalue weighted by atomic mass is 10.2. The molecule has 2 N–H and O–H groups in total. The van der Waals surface area contributed by atoms with E-state index >= 15 is 0 Å². The molecule has 0 heterocycles. The average Bonchev–Trinajstić information content (AvgIpc) is 2.64. The van der Waals surface area contributed by atoms with Gasteiger partial charge in [-0.3, -0.25) is 4.79 Å². The van der Waals surface area contributed by atoms with Crippen LogP contribution in [0.15, 0.2) is 83.3 Å². The Balaban J connectivity index is 1.61. The minimum Gasteiger partial charge on any atom is -0.455 e. The lowest BCUT2D eigenvalue weighted by Crippen LogP contribution is -2.21. The van der Waals surface area contributed by atoms with Crippen LogP contribution in [0, 0.1) is 0 Å². The number of carbonyl (C=O) groups excluding carboxylic acids is 1. The normalized spacial score (nSPS) is 10.1. The topological polar surface area (TPSA) is 50.4 Å². The van der Waals surface area contributed by atoms with Crippen molar-refractivity contribution >= 4 is 33.2 Å². The number of para-hydroxylation sites is 3. The van der Waals surface area contributed by atoms with Crippen molar-refractivity contribution in [3.05, 3.63) is 83.3 Å². The van der Waals surface area contributed by atoms with Crippen LogP contribution in [0.4, 0.5) is 11.4 Å². The molecule has 0 aliphatic heterocycles. The van der Waals surface area contributed by atoms with Crippen LogP contribution in [0.5, 0.6) is 11.5 Å². The molecule has 0 unspecified atom stereocenters. The highest BCUT2D eigenvalue weighted by molar-refractivity contribution is 9.10. The fraction of sp³-hybridized carbons (Fsp3) is 0.0500. The number of halogens is 1. The van der Waals surface area contributed by atoms with Gasteiger partial charge in [-0.25, -0.2) is 0 Å². The predicted molar refractivity (Wildman–Crippen MR) is 104 cm³/mol. The first-order valence-corrected chi connectivity index (χ1v) is 8.61. The zero-order valence-electron chi connectivity index (χ0n) is 13.4. The van der Waals surface area contributed by atoms with E-state index in [0.717, 1.165) is 21.6 Å². The van der Waals surface area contributed by atoms with Crippen LogP contribution in [0.2, 0.25) is 0 Å². The predicted octanol–water partition coefficient (Wildman–Crippen LogP) is 5.29. The number of carbonyl (C=O) groups is 1. The second-order valence-electron chi connectivity index (χ2n) is 5.32. The van der Waals surface area contributed by atoms with Gasteiger partial charge in [0.05, 0.1) is 12.2 Å². The molecule has 126 valence electrons. The van der Waals surface area contributed by atoms with Gasteiger partial charge in [-0.1, -0.05) is 46.3 Å². The summed E-state index contributed by atoms with van der Waals surface area (Å²) in [4.78, 5) is 12.1. The summed E-state index contributed by atoms with van der Waals surface area (Å²) in [5.41, 5.74) is 1.51. The molecule has 0 radical (unpaired) electrons. The third-order valence-corrected chi connectivity index (χ3v) is 3.95. The molecule has 0 bridgehead atoms. The summed E-state index contributed by atoms with van der Waals surface area (Å²) in [6.45, 7) is 0.144. The summed E-state index contributed by atoms with van der Waals surface area (Å²) < 4.78 is 6.84. The van der Waals surface area contributed by atoms with Crippen molar-refractivity contribution in [1.29, 1.82) is 0 Å². The molecular weight excluding hydrogens is 380 g/mol. The number of ether oxygens (including phenoxy) is 1. The van der Waals surface area contributed by atoms with E-state index < -0.39 is 0 Å². The van der Waals surface area contributed by atoms with Crippen LogP contribution in [0.3, 0.4) is 0 Å². The highest BCUT2D eigenvalue weighted by atomic mass is 79.9. The van der Waals surface area contributed by atoms with Crippen LogP contribution < -0.4 is 15.4 Å². The molecule has 0 aliphatic rings. The SMILES string of the molecule is O=C(CNc1ccccc1Oc1ccccc1)Nc1ccc(Br)cc1. The van der Waals surface area contributed by atoms with Crippen LogP contribution >= 0.6 is 15.9 Å². The molecule has 4 nitrogen and oxygen atoms in total. The molecule has 0 fully saturated rings. The molecule has 3 aromatic rings. The van der Waals surface area contributed by atoms with E-state index in [1.165, 1.54) is 0 Å². The first-order valence-electron chi connectivity index (χ1n) is 7.82. The summed E-state index contributed by atoms with van der Waals surface area (Å²) in [6, 6.07) is 24.5. The quantitative estimate of drug-likeness (QED) is 0.594. The fourth-order valence-electron chi connectivity index (χ4n) is 2.23. The molecule has 0 aliphatic carbocycles. The largest absolute Gasteiger partial charge is 0.455 e. The van der Waals surface area contributed by atoms with E-state index in [1.807, 2.05) is 78.9 Å². The molecule has 25 heavy (non-hydrogen) atoms. The third kappa shape index (κ3) is 5.09. The first kappa shape index (κ1) is 17.0. The van der Waals surface area contributed by atoms with Gasteiger partial charge in [0.1, 0.15) is 5.75 Å². The molecule has 0 atom stereocenters. The zero-order valence-corrected chi connectivity index (χ0v) is 15.0. The number of nitrogens with one attached hydrogen (secondary N) is 2. The van der Waals surface area contributed by atoms with Gasteiger partial charge < -0.3 is 15.4 Å². The summed E-state index contributed by atoms with van der Waals surface area (Å²) in [5, 5.41) is 5.96. The first-order chi connectivity index (χ1) is 12.2. The van der Waals surface area contributed by atoms with Crippen molar-refractivity contribution in [3.63, 3.8) is 0 Å². The van der Waals surface area contributed by atoms with Crippen molar-refractivity contribution in [2.75, 3.05) is 17.2 Å². The standard InChI is InChI=1S/C20H17BrN2O2/c21-15-10-12-16(13-11-15)23-20(24)14-22-18-8-4-5-9-19(18)25-17-6-2-1-3-7-17/h1-13,22H,14H2,(H,23,24). The number of anilines is 2. The van der Waals surface area contributed by atoms with Crippen LogP contribution in [-0.2, 0) is 4.79 Å². The average molecular weight is 397 g/mol. The highest BCUT2D eigenvalue weighted by Crippen LogP contribution is 2.28. The van der Waals surface area contributed by atoms with Crippen molar-refractivity contribution in [2.45, 2.75) is 0 Å². The van der Waals surface area contributed by atoms with Gasteiger partial charge in [0, 0.05) is 10.2 Å². The number of rotatable bonds is 6. The lowest BCUT2D eigenvalue weighted by Gasteiger charge is -2.13. The van der Waals surface area contributed by atoms with E-state index in [-0.39, 0.29) is 12.5 Å². The zero-order chi connectivity index (χ0) is 17.5. The van der Waals surface area contributed by atoms with Gasteiger partial charge >= 0.3 is 0 Å². The van der Waals surface area contributed by atoms with Gasteiger partial charge in [0.2, 0.25) is 5.91 Å². The van der Waals surface area contributed by atoms with E-state index in [2.05, 4.69) is 26.6 Å². The summed E-state index contributed by atoms with van der Waals surface area (Å²) in [7, 11) is 0.